The highest BCUT2D eigenvalue weighted by molar-refractivity contribution is 5.29. The summed E-state index contributed by atoms with van der Waals surface area (Å²) >= 11 is 0. The minimum atomic E-state index is 0.0734. The smallest absolute Gasteiger partial charge is 0.245 e. The molecule has 0 spiro atoms. The number of piperidine rings is 1. The molecule has 1 aliphatic rings. The van der Waals surface area contributed by atoms with E-state index in [1.54, 1.807) is 10.9 Å². The molecule has 1 aliphatic heterocycles. The molecule has 2 aromatic heterocycles. The molecule has 2 N–H and O–H groups in total. The third-order valence-corrected chi connectivity index (χ3v) is 4.70. The second-order valence-electron chi connectivity index (χ2n) is 6.35. The molecule has 3 heterocycles. The summed E-state index contributed by atoms with van der Waals surface area (Å²) < 4.78 is 1.73. The van der Waals surface area contributed by atoms with Gasteiger partial charge in [0.25, 0.3) is 0 Å². The summed E-state index contributed by atoms with van der Waals surface area (Å²) in [5, 5.41) is 15.5. The third kappa shape index (κ3) is 3.39. The average Bonchev–Trinajstić information content (AvgIpc) is 3.33. The molecule has 1 unspecified atom stereocenters. The summed E-state index contributed by atoms with van der Waals surface area (Å²) in [5.41, 5.74) is 1.22. The molecular formula is C17H22N8. The molecule has 1 saturated heterocycles. The Hall–Kier alpha value is -2.74. The van der Waals surface area contributed by atoms with Crippen LogP contribution in [0.25, 0.3) is 0 Å². The maximum absolute atomic E-state index is 4.47. The number of hydrogen-bond acceptors (Lipinski definition) is 6. The van der Waals surface area contributed by atoms with Crippen molar-refractivity contribution in [3.05, 3.63) is 54.1 Å². The van der Waals surface area contributed by atoms with E-state index in [4.69, 9.17) is 0 Å². The molecule has 0 bridgehead atoms. The lowest BCUT2D eigenvalue weighted by atomic mass is 10.0. The van der Waals surface area contributed by atoms with Crippen molar-refractivity contribution in [3.8, 4) is 0 Å². The number of imidazole rings is 1. The van der Waals surface area contributed by atoms with Crippen LogP contribution < -0.4 is 10.2 Å². The number of benzene rings is 1. The van der Waals surface area contributed by atoms with Crippen LogP contribution in [0.5, 0.6) is 0 Å². The number of tetrazole rings is 1. The van der Waals surface area contributed by atoms with Crippen LogP contribution in [-0.2, 0) is 7.05 Å². The number of nitrogens with one attached hydrogen (secondary N) is 2. The predicted molar refractivity (Wildman–Crippen MR) is 94.0 cm³/mol. The van der Waals surface area contributed by atoms with Crippen LogP contribution in [0, 0.1) is 0 Å². The number of aromatic nitrogens is 6. The van der Waals surface area contributed by atoms with E-state index in [1.165, 1.54) is 5.56 Å². The van der Waals surface area contributed by atoms with E-state index < -0.39 is 0 Å². The zero-order valence-electron chi connectivity index (χ0n) is 14.2. The number of aryl methyl sites for hydroxylation is 1. The molecule has 25 heavy (non-hydrogen) atoms. The summed E-state index contributed by atoms with van der Waals surface area (Å²) in [6.45, 7) is 1.87. The van der Waals surface area contributed by atoms with E-state index in [-0.39, 0.29) is 6.04 Å². The fourth-order valence-electron chi connectivity index (χ4n) is 3.39. The minimum Gasteiger partial charge on any atom is -0.347 e. The Morgan fingerprint density at radius 2 is 2.00 bits per heavy atom. The zero-order chi connectivity index (χ0) is 17.1. The van der Waals surface area contributed by atoms with Gasteiger partial charge in [0.2, 0.25) is 5.95 Å². The van der Waals surface area contributed by atoms with Crippen LogP contribution in [0.15, 0.2) is 42.7 Å². The van der Waals surface area contributed by atoms with Gasteiger partial charge in [0.05, 0.1) is 6.04 Å². The lowest BCUT2D eigenvalue weighted by Crippen LogP contribution is -2.44. The Kier molecular flexibility index (Phi) is 4.43. The van der Waals surface area contributed by atoms with Gasteiger partial charge in [-0.05, 0) is 28.8 Å². The first-order chi connectivity index (χ1) is 12.3. The molecule has 130 valence electrons. The summed E-state index contributed by atoms with van der Waals surface area (Å²) in [5.74, 6) is 1.79. The van der Waals surface area contributed by atoms with E-state index in [2.05, 4.69) is 60.0 Å². The van der Waals surface area contributed by atoms with Gasteiger partial charge >= 0.3 is 0 Å². The summed E-state index contributed by atoms with van der Waals surface area (Å²) in [4.78, 5) is 9.96. The average molecular weight is 338 g/mol. The largest absolute Gasteiger partial charge is 0.347 e. The molecule has 1 aromatic carbocycles. The monoisotopic (exact) mass is 338 g/mol. The van der Waals surface area contributed by atoms with Crippen LogP contribution >= 0.6 is 0 Å². The first-order valence-corrected chi connectivity index (χ1v) is 8.59. The van der Waals surface area contributed by atoms with Gasteiger partial charge in [-0.1, -0.05) is 35.4 Å². The van der Waals surface area contributed by atoms with E-state index in [1.807, 2.05) is 19.3 Å². The Morgan fingerprint density at radius 3 is 2.64 bits per heavy atom. The fraction of sp³-hybridized carbons (Fsp3) is 0.412. The number of aromatic amines is 1. The van der Waals surface area contributed by atoms with Crippen molar-refractivity contribution in [2.24, 2.45) is 7.05 Å². The second kappa shape index (κ2) is 7.02. The quantitative estimate of drug-likeness (QED) is 0.729. The van der Waals surface area contributed by atoms with Crippen molar-refractivity contribution in [2.75, 3.05) is 18.0 Å². The van der Waals surface area contributed by atoms with Gasteiger partial charge in [-0.15, -0.1) is 0 Å². The Morgan fingerprint density at radius 1 is 1.20 bits per heavy atom. The molecule has 0 saturated carbocycles. The van der Waals surface area contributed by atoms with Gasteiger partial charge in [0.15, 0.2) is 0 Å². The van der Waals surface area contributed by atoms with Crippen molar-refractivity contribution >= 4 is 5.95 Å². The van der Waals surface area contributed by atoms with Gasteiger partial charge < -0.3 is 15.2 Å². The zero-order valence-corrected chi connectivity index (χ0v) is 14.2. The van der Waals surface area contributed by atoms with Crippen LogP contribution in [0.2, 0.25) is 0 Å². The number of nitrogens with zero attached hydrogens (tertiary/aromatic N) is 6. The van der Waals surface area contributed by atoms with E-state index in [9.17, 15) is 0 Å². The van der Waals surface area contributed by atoms with Crippen LogP contribution in [0.1, 0.15) is 30.3 Å². The number of anilines is 1. The Labute approximate surface area is 146 Å². The molecule has 8 heteroatoms. The topological polar surface area (TPSA) is 87.6 Å². The summed E-state index contributed by atoms with van der Waals surface area (Å²) in [6.07, 6.45) is 5.75. The molecule has 4 rings (SSSR count). The molecule has 0 amide bonds. The predicted octanol–water partition coefficient (Wildman–Crippen LogP) is 1.28. The number of hydrogen-bond donors (Lipinski definition) is 2. The molecular weight excluding hydrogens is 316 g/mol. The first kappa shape index (κ1) is 15.8. The number of H-pyrrole nitrogens is 1. The summed E-state index contributed by atoms with van der Waals surface area (Å²) in [6, 6.07) is 10.9. The van der Waals surface area contributed by atoms with Crippen LogP contribution in [-0.4, -0.2) is 49.3 Å². The van der Waals surface area contributed by atoms with E-state index >= 15 is 0 Å². The Balaban J connectivity index is 1.44. The maximum atomic E-state index is 4.47. The molecule has 3 aromatic rings. The third-order valence-electron chi connectivity index (χ3n) is 4.70. The first-order valence-electron chi connectivity index (χ1n) is 8.59. The number of rotatable bonds is 5. The standard InChI is InChI=1S/C17H22N8/c1-24-17(21-22-23-24)25-11-7-14(8-12-25)20-15(16-18-9-10-19-16)13-5-3-2-4-6-13/h2-6,9-10,14-15,20H,7-8,11-12H2,1H3,(H,18,19). The van der Waals surface area contributed by atoms with Crippen molar-refractivity contribution in [2.45, 2.75) is 24.9 Å². The van der Waals surface area contributed by atoms with Crippen LogP contribution in [0.3, 0.4) is 0 Å². The van der Waals surface area contributed by atoms with Crippen molar-refractivity contribution < 1.29 is 0 Å². The van der Waals surface area contributed by atoms with Gasteiger partial charge in [0.1, 0.15) is 5.82 Å². The second-order valence-corrected chi connectivity index (χ2v) is 6.35. The summed E-state index contributed by atoms with van der Waals surface area (Å²) in [7, 11) is 1.88. The minimum absolute atomic E-state index is 0.0734. The van der Waals surface area contributed by atoms with Crippen molar-refractivity contribution in [1.82, 2.24) is 35.5 Å². The Bertz CT molecular complexity index is 774. The highest BCUT2D eigenvalue weighted by Gasteiger charge is 2.26. The van der Waals surface area contributed by atoms with E-state index in [0.717, 1.165) is 37.7 Å². The molecule has 1 fully saturated rings. The molecule has 0 aliphatic carbocycles. The van der Waals surface area contributed by atoms with E-state index in [0.29, 0.717) is 6.04 Å². The molecule has 0 radical (unpaired) electrons. The van der Waals surface area contributed by atoms with Gasteiger partial charge in [-0.3, -0.25) is 0 Å². The fourth-order valence-corrected chi connectivity index (χ4v) is 3.39. The lowest BCUT2D eigenvalue weighted by Gasteiger charge is -2.34. The van der Waals surface area contributed by atoms with Gasteiger partial charge in [0, 0.05) is 38.6 Å². The van der Waals surface area contributed by atoms with Gasteiger partial charge in [-0.2, -0.15) is 0 Å². The molecule has 8 nitrogen and oxygen atoms in total. The maximum Gasteiger partial charge on any atom is 0.245 e. The highest BCUT2D eigenvalue weighted by Crippen LogP contribution is 2.23. The highest BCUT2D eigenvalue weighted by atomic mass is 15.6. The SMILES string of the molecule is Cn1nnnc1N1CCC(NC(c2ccccc2)c2ncc[nH]2)CC1. The van der Waals surface area contributed by atoms with Crippen molar-refractivity contribution in [3.63, 3.8) is 0 Å². The lowest BCUT2D eigenvalue weighted by molar-refractivity contribution is 0.381. The molecule has 1 atom stereocenters. The normalized spacial score (nSPS) is 16.9. The van der Waals surface area contributed by atoms with Gasteiger partial charge in [-0.25, -0.2) is 9.67 Å². The van der Waals surface area contributed by atoms with Crippen LogP contribution in [0.4, 0.5) is 5.95 Å². The van der Waals surface area contributed by atoms with Crippen molar-refractivity contribution in [1.29, 1.82) is 0 Å².